The molecule has 0 radical (unpaired) electrons. The topological polar surface area (TPSA) is 79.0 Å². The van der Waals surface area contributed by atoms with Crippen molar-refractivity contribution >= 4 is 28.6 Å². The fraction of sp³-hybridized carbons (Fsp3) is 0.409. The molecule has 2 heterocycles. The summed E-state index contributed by atoms with van der Waals surface area (Å²) in [6.07, 6.45) is -0.154. The van der Waals surface area contributed by atoms with Crippen molar-refractivity contribution in [3.8, 4) is 0 Å². The van der Waals surface area contributed by atoms with Gasteiger partial charge in [-0.05, 0) is 37.1 Å². The summed E-state index contributed by atoms with van der Waals surface area (Å²) in [5.74, 6) is -0.667. The van der Waals surface area contributed by atoms with Crippen LogP contribution in [-0.2, 0) is 19.9 Å². The smallest absolute Gasteiger partial charge is 0.325 e. The van der Waals surface area contributed by atoms with E-state index in [9.17, 15) is 14.4 Å². The van der Waals surface area contributed by atoms with Crippen molar-refractivity contribution in [1.82, 2.24) is 15.1 Å². The average molecular weight is 395 g/mol. The zero-order valence-corrected chi connectivity index (χ0v) is 16.8. The minimum Gasteiger partial charge on any atom is -0.372 e. The number of morpholine rings is 1. The third-order valence-electron chi connectivity index (χ3n) is 5.67. The molecule has 4 amide bonds. The normalized spacial score (nSPS) is 27.4. The molecule has 2 aromatic carbocycles. The van der Waals surface area contributed by atoms with Crippen LogP contribution in [0.5, 0.6) is 0 Å². The number of urea groups is 1. The maximum Gasteiger partial charge on any atom is 0.325 e. The van der Waals surface area contributed by atoms with E-state index < -0.39 is 17.5 Å². The van der Waals surface area contributed by atoms with E-state index in [1.54, 1.807) is 11.8 Å². The molecule has 2 aromatic rings. The molecule has 7 nitrogen and oxygen atoms in total. The van der Waals surface area contributed by atoms with Gasteiger partial charge < -0.3 is 15.0 Å². The Balaban J connectivity index is 1.59. The van der Waals surface area contributed by atoms with Crippen LogP contribution in [0.3, 0.4) is 0 Å². The van der Waals surface area contributed by atoms with Gasteiger partial charge in [0.1, 0.15) is 12.1 Å². The monoisotopic (exact) mass is 395 g/mol. The van der Waals surface area contributed by atoms with Gasteiger partial charge in [-0.3, -0.25) is 14.5 Å². The van der Waals surface area contributed by atoms with Crippen LogP contribution < -0.4 is 5.32 Å². The first kappa shape index (κ1) is 19.4. The number of hydrogen-bond donors (Lipinski definition) is 1. The summed E-state index contributed by atoms with van der Waals surface area (Å²) < 4.78 is 5.66. The molecule has 29 heavy (non-hydrogen) atoms. The summed E-state index contributed by atoms with van der Waals surface area (Å²) in [6, 6.07) is 12.9. The summed E-state index contributed by atoms with van der Waals surface area (Å²) in [5.41, 5.74) is -0.499. The van der Waals surface area contributed by atoms with Gasteiger partial charge >= 0.3 is 6.03 Å². The Bertz CT molecular complexity index is 976. The van der Waals surface area contributed by atoms with E-state index in [0.29, 0.717) is 13.1 Å². The predicted octanol–water partition coefficient (Wildman–Crippen LogP) is 2.24. The Labute approximate surface area is 169 Å². The molecule has 1 N–H and O–H groups in total. The van der Waals surface area contributed by atoms with Crippen LogP contribution >= 0.6 is 0 Å². The highest BCUT2D eigenvalue weighted by Gasteiger charge is 2.50. The molecule has 0 spiro atoms. The van der Waals surface area contributed by atoms with Gasteiger partial charge in [0.05, 0.1) is 12.2 Å². The van der Waals surface area contributed by atoms with Gasteiger partial charge in [0.2, 0.25) is 5.91 Å². The van der Waals surface area contributed by atoms with Crippen LogP contribution in [0.25, 0.3) is 10.8 Å². The van der Waals surface area contributed by atoms with Crippen LogP contribution in [0.15, 0.2) is 42.5 Å². The van der Waals surface area contributed by atoms with Crippen molar-refractivity contribution in [2.75, 3.05) is 19.6 Å². The van der Waals surface area contributed by atoms with Crippen LogP contribution in [-0.4, -0.2) is 59.5 Å². The van der Waals surface area contributed by atoms with Gasteiger partial charge in [-0.2, -0.15) is 0 Å². The van der Waals surface area contributed by atoms with Gasteiger partial charge in [0.15, 0.2) is 0 Å². The van der Waals surface area contributed by atoms with Crippen molar-refractivity contribution in [2.24, 2.45) is 0 Å². The highest BCUT2D eigenvalue weighted by molar-refractivity contribution is 6.10. The molecule has 0 saturated carbocycles. The molecule has 2 aliphatic rings. The van der Waals surface area contributed by atoms with Crippen molar-refractivity contribution in [1.29, 1.82) is 0 Å². The Hall–Kier alpha value is -2.93. The lowest BCUT2D eigenvalue weighted by Crippen LogP contribution is -2.52. The molecule has 0 unspecified atom stereocenters. The molecule has 7 heteroatoms. The molecule has 0 bridgehead atoms. The number of ether oxygens (including phenoxy) is 1. The van der Waals surface area contributed by atoms with Crippen LogP contribution in [0, 0.1) is 0 Å². The van der Waals surface area contributed by atoms with E-state index >= 15 is 0 Å². The second-order valence-electron chi connectivity index (χ2n) is 8.03. The number of rotatable bonds is 3. The number of carbonyl (C=O) groups excluding carboxylic acids is 3. The lowest BCUT2D eigenvalue weighted by molar-refractivity contribution is -0.146. The van der Waals surface area contributed by atoms with Crippen molar-refractivity contribution in [2.45, 2.75) is 38.5 Å². The van der Waals surface area contributed by atoms with E-state index in [1.165, 1.54) is 0 Å². The highest BCUT2D eigenvalue weighted by Crippen LogP contribution is 2.33. The van der Waals surface area contributed by atoms with Gasteiger partial charge in [-0.25, -0.2) is 4.79 Å². The zero-order valence-electron chi connectivity index (χ0n) is 16.8. The average Bonchev–Trinajstić information content (AvgIpc) is 2.90. The molecule has 2 saturated heterocycles. The molecule has 2 aliphatic heterocycles. The lowest BCUT2D eigenvalue weighted by atomic mass is 9.88. The number of fused-ring (bicyclic) bond motifs is 1. The third kappa shape index (κ3) is 3.35. The van der Waals surface area contributed by atoms with Crippen LogP contribution in [0.4, 0.5) is 4.79 Å². The van der Waals surface area contributed by atoms with Crippen LogP contribution in [0.2, 0.25) is 0 Å². The number of carbonyl (C=O) groups is 3. The van der Waals surface area contributed by atoms with E-state index in [2.05, 4.69) is 5.32 Å². The summed E-state index contributed by atoms with van der Waals surface area (Å²) in [5, 5.41) is 4.69. The second-order valence-corrected chi connectivity index (χ2v) is 8.03. The zero-order chi connectivity index (χ0) is 20.8. The first-order valence-corrected chi connectivity index (χ1v) is 9.85. The lowest BCUT2D eigenvalue weighted by Gasteiger charge is -2.35. The predicted molar refractivity (Wildman–Crippen MR) is 108 cm³/mol. The third-order valence-corrected chi connectivity index (χ3v) is 5.67. The molecular weight excluding hydrogens is 370 g/mol. The number of hydrogen-bond acceptors (Lipinski definition) is 4. The molecule has 0 aliphatic carbocycles. The Morgan fingerprint density at radius 2 is 1.76 bits per heavy atom. The first-order valence-electron chi connectivity index (χ1n) is 9.85. The first-order chi connectivity index (χ1) is 13.8. The maximum atomic E-state index is 13.3. The summed E-state index contributed by atoms with van der Waals surface area (Å²) in [6.45, 7) is 6.13. The van der Waals surface area contributed by atoms with Gasteiger partial charge in [0.25, 0.3) is 5.91 Å². The standard InChI is InChI=1S/C22H25N3O4/c1-14-11-24(12-15(2)29-14)19(26)13-25-20(27)22(3,23-21(25)28)18-10-6-8-16-7-4-5-9-17(16)18/h4-10,14-15H,11-13H2,1-3H3,(H,23,28)/t14-,15-,22+/m0/s1. The quantitative estimate of drug-likeness (QED) is 0.809. The second kappa shape index (κ2) is 7.15. The van der Waals surface area contributed by atoms with E-state index in [0.717, 1.165) is 21.2 Å². The SMILES string of the molecule is C[C@H]1CN(C(=O)CN2C(=O)N[C@](C)(c3cccc4ccccc34)C2=O)C[C@H](C)O1. The number of imide groups is 1. The molecule has 0 aromatic heterocycles. The van der Waals surface area contributed by atoms with Crippen molar-refractivity contribution in [3.63, 3.8) is 0 Å². The Morgan fingerprint density at radius 3 is 2.48 bits per heavy atom. The molecule has 3 atom stereocenters. The van der Waals surface area contributed by atoms with Crippen molar-refractivity contribution < 1.29 is 19.1 Å². The maximum absolute atomic E-state index is 13.3. The highest BCUT2D eigenvalue weighted by atomic mass is 16.5. The fourth-order valence-electron chi connectivity index (χ4n) is 4.30. The Morgan fingerprint density at radius 1 is 1.10 bits per heavy atom. The minimum absolute atomic E-state index is 0.0771. The van der Waals surface area contributed by atoms with Gasteiger partial charge in [-0.1, -0.05) is 42.5 Å². The summed E-state index contributed by atoms with van der Waals surface area (Å²) >= 11 is 0. The molecule has 152 valence electrons. The summed E-state index contributed by atoms with van der Waals surface area (Å²) in [7, 11) is 0. The van der Waals surface area contributed by atoms with Gasteiger partial charge in [-0.15, -0.1) is 0 Å². The van der Waals surface area contributed by atoms with E-state index in [4.69, 9.17) is 4.74 Å². The Kier molecular flexibility index (Phi) is 4.78. The van der Waals surface area contributed by atoms with Gasteiger partial charge in [0, 0.05) is 13.1 Å². The number of nitrogens with one attached hydrogen (secondary N) is 1. The number of amides is 4. The number of benzene rings is 2. The molecule has 4 rings (SSSR count). The largest absolute Gasteiger partial charge is 0.372 e. The van der Waals surface area contributed by atoms with E-state index in [1.807, 2.05) is 56.3 Å². The van der Waals surface area contributed by atoms with E-state index in [-0.39, 0.29) is 24.7 Å². The molecule has 2 fully saturated rings. The van der Waals surface area contributed by atoms with Crippen LogP contribution in [0.1, 0.15) is 26.3 Å². The minimum atomic E-state index is -1.22. The number of nitrogens with zero attached hydrogens (tertiary/aromatic N) is 2. The fourth-order valence-corrected chi connectivity index (χ4v) is 4.30. The van der Waals surface area contributed by atoms with Crippen molar-refractivity contribution in [3.05, 3.63) is 48.0 Å². The molecular formula is C22H25N3O4. The summed E-state index contributed by atoms with van der Waals surface area (Å²) in [4.78, 5) is 41.4.